The Morgan fingerprint density at radius 2 is 1.11 bits per heavy atom. The molecule has 5 aliphatic rings. The molecule has 9 rings (SSSR count). The van der Waals surface area contributed by atoms with Gasteiger partial charge in [0, 0.05) is 29.1 Å². The average Bonchev–Trinajstić information content (AvgIpc) is 3.78. The first-order valence-electron chi connectivity index (χ1n) is 25.9. The Morgan fingerprint density at radius 3 is 1.47 bits per heavy atom. The van der Waals surface area contributed by atoms with E-state index in [0.717, 1.165) is 36.5 Å². The van der Waals surface area contributed by atoms with Crippen LogP contribution in [-0.4, -0.2) is 72.4 Å². The zero-order valence-electron chi connectivity index (χ0n) is 45.8. The average molecular weight is 967 g/mol. The lowest BCUT2D eigenvalue weighted by molar-refractivity contribution is -0.131. The van der Waals surface area contributed by atoms with Gasteiger partial charge in [-0.15, -0.1) is 0 Å². The van der Waals surface area contributed by atoms with Crippen LogP contribution in [0.1, 0.15) is 171 Å². The number of phenols is 2. The minimum Gasteiger partial charge on any atom is -0.508 e. The normalized spacial score (nSPS) is 29.4. The molecular weight excluding hydrogens is 877 g/mol. The molecule has 0 bridgehead atoms. The highest BCUT2D eigenvalue weighted by Gasteiger charge is 2.47. The summed E-state index contributed by atoms with van der Waals surface area (Å²) >= 11 is 0. The number of ketones is 3. The molecule has 4 aromatic rings. The smallest absolute Gasteiger partial charge is 0.167 e. The first kappa shape index (κ1) is 58.4. The number of aromatic hydroxyl groups is 2. The summed E-state index contributed by atoms with van der Waals surface area (Å²) in [7, 11) is 0. The second-order valence-corrected chi connectivity index (χ2v) is 24.8. The van der Waals surface area contributed by atoms with Gasteiger partial charge in [-0.05, 0) is 154 Å². The van der Waals surface area contributed by atoms with Crippen LogP contribution >= 0.6 is 0 Å². The Balaban J connectivity index is 0.000000187. The molecule has 4 aromatic carbocycles. The predicted octanol–water partition coefficient (Wildman–Crippen LogP) is 12.5. The monoisotopic (exact) mass is 967 g/mol. The number of hydrogen-bond donors (Lipinski definition) is 6. The van der Waals surface area contributed by atoms with E-state index in [1.807, 2.05) is 87.4 Å². The molecule has 70 heavy (non-hydrogen) atoms. The highest BCUT2D eigenvalue weighted by Crippen LogP contribution is 2.47. The molecule has 0 saturated heterocycles. The van der Waals surface area contributed by atoms with Crippen LogP contribution in [0.15, 0.2) is 60.7 Å². The van der Waals surface area contributed by atoms with Crippen LogP contribution in [0.4, 0.5) is 0 Å². The molecule has 9 atom stereocenters. The first-order valence-corrected chi connectivity index (χ1v) is 25.9. The molecule has 6 N–H and O–H groups in total. The molecule has 4 saturated carbocycles. The fraction of sp³-hybridized carbons (Fsp3) is 0.623. The summed E-state index contributed by atoms with van der Waals surface area (Å²) in [5, 5.41) is 60.8. The molecule has 0 spiro atoms. The van der Waals surface area contributed by atoms with E-state index in [1.54, 1.807) is 18.2 Å². The summed E-state index contributed by atoms with van der Waals surface area (Å²) in [5.41, 5.74) is 5.28. The molecular formula is C61H90O9. The van der Waals surface area contributed by atoms with Gasteiger partial charge in [0.15, 0.2) is 11.6 Å². The van der Waals surface area contributed by atoms with E-state index in [2.05, 4.69) is 72.7 Å². The van der Waals surface area contributed by atoms with Crippen molar-refractivity contribution in [3.63, 3.8) is 0 Å². The lowest BCUT2D eigenvalue weighted by atomic mass is 9.66. The SMILES string of the molecule is CC1CC(=O)C(O)C1(C)C.CC1CCC(=O)C1(C)C.CC1C[C@@H](O)C(=O)C1(C)C.CC1C[C@@H](O)[C@H](O)C1(C)C.CC1c2ccc3cc(O)ccc3c2CCC1(C)C.Cc1ccc2cc(O)ccc2c1C. The fourth-order valence-corrected chi connectivity index (χ4v) is 10.4. The number of rotatable bonds is 0. The van der Waals surface area contributed by atoms with Gasteiger partial charge in [-0.25, -0.2) is 0 Å². The van der Waals surface area contributed by atoms with Gasteiger partial charge in [-0.2, -0.15) is 0 Å². The number of aliphatic hydroxyl groups excluding tert-OH is 4. The maximum absolute atomic E-state index is 11.2. The van der Waals surface area contributed by atoms with E-state index in [1.165, 1.54) is 39.4 Å². The summed E-state index contributed by atoms with van der Waals surface area (Å²) < 4.78 is 0. The van der Waals surface area contributed by atoms with Gasteiger partial charge in [0.2, 0.25) is 0 Å². The number of phenolic OH excluding ortho intramolecular Hbond substituents is 2. The topological polar surface area (TPSA) is 173 Å². The van der Waals surface area contributed by atoms with Crippen LogP contribution in [0.25, 0.3) is 21.5 Å². The second-order valence-electron chi connectivity index (χ2n) is 24.8. The quantitative estimate of drug-likeness (QED) is 0.100. The third-order valence-electron chi connectivity index (χ3n) is 18.6. The van der Waals surface area contributed by atoms with Crippen molar-refractivity contribution in [3.05, 3.63) is 82.9 Å². The van der Waals surface area contributed by atoms with Gasteiger partial charge >= 0.3 is 0 Å². The Hall–Kier alpha value is -4.15. The summed E-state index contributed by atoms with van der Waals surface area (Å²) in [4.78, 5) is 33.2. The van der Waals surface area contributed by atoms with Crippen molar-refractivity contribution in [2.75, 3.05) is 0 Å². The van der Waals surface area contributed by atoms with Crippen LogP contribution in [0.2, 0.25) is 0 Å². The fourth-order valence-electron chi connectivity index (χ4n) is 10.4. The summed E-state index contributed by atoms with van der Waals surface area (Å²) in [5.74, 6) is 3.35. The molecule has 0 aliphatic heterocycles. The number of fused-ring (bicyclic) bond motifs is 4. The Kier molecular flexibility index (Phi) is 18.6. The maximum Gasteiger partial charge on any atom is 0.167 e. The molecule has 4 fully saturated rings. The van der Waals surface area contributed by atoms with Gasteiger partial charge in [-0.3, -0.25) is 14.4 Å². The number of hydrogen-bond acceptors (Lipinski definition) is 9. The van der Waals surface area contributed by atoms with Crippen molar-refractivity contribution in [1.82, 2.24) is 0 Å². The molecule has 9 nitrogen and oxygen atoms in total. The predicted molar refractivity (Wildman–Crippen MR) is 285 cm³/mol. The zero-order valence-corrected chi connectivity index (χ0v) is 45.8. The van der Waals surface area contributed by atoms with E-state index in [-0.39, 0.29) is 33.2 Å². The Morgan fingerprint density at radius 1 is 0.571 bits per heavy atom. The second kappa shape index (κ2) is 22.3. The Bertz CT molecular complexity index is 2480. The molecule has 0 radical (unpaired) electrons. The van der Waals surface area contributed by atoms with E-state index < -0.39 is 24.4 Å². The van der Waals surface area contributed by atoms with E-state index in [9.17, 15) is 39.9 Å². The van der Waals surface area contributed by atoms with Crippen LogP contribution in [0.3, 0.4) is 0 Å². The number of carbonyl (C=O) groups is 3. The Labute approximate surface area is 420 Å². The zero-order chi connectivity index (χ0) is 53.2. The van der Waals surface area contributed by atoms with Gasteiger partial charge in [0.1, 0.15) is 29.5 Å². The van der Waals surface area contributed by atoms with E-state index >= 15 is 0 Å². The largest absolute Gasteiger partial charge is 0.508 e. The third kappa shape index (κ3) is 12.7. The van der Waals surface area contributed by atoms with Gasteiger partial charge in [0.25, 0.3) is 0 Å². The molecule has 9 heteroatoms. The minimum absolute atomic E-state index is 0.000000000000000444. The van der Waals surface area contributed by atoms with Crippen molar-refractivity contribution in [1.29, 1.82) is 0 Å². The van der Waals surface area contributed by atoms with Crippen molar-refractivity contribution >= 4 is 38.9 Å². The summed E-state index contributed by atoms with van der Waals surface area (Å²) in [6, 6.07) is 19.7. The number of Topliss-reactive ketones (excluding diaryl/α,β-unsaturated/α-hetero) is 3. The van der Waals surface area contributed by atoms with E-state index in [0.29, 0.717) is 65.1 Å². The van der Waals surface area contributed by atoms with Crippen molar-refractivity contribution in [2.45, 2.75) is 193 Å². The molecule has 0 amide bonds. The number of aryl methyl sites for hydroxylation is 3. The molecule has 0 aromatic heterocycles. The van der Waals surface area contributed by atoms with Crippen LogP contribution < -0.4 is 0 Å². The van der Waals surface area contributed by atoms with Crippen molar-refractivity contribution < 1.29 is 45.0 Å². The van der Waals surface area contributed by atoms with Gasteiger partial charge in [-0.1, -0.05) is 140 Å². The standard InChI is InChI=1S/C17H20O.C12H12O.C8H16O2.2C8H14O2.C8H14O/c1-11-14-6-4-12-10-13(18)5-7-15(12)16(14)8-9-17(11,2)3;1-8-3-4-10-7-11(13)5-6-12(10)9(8)2;3*1-5-4-6(9)7(10)8(5,2)3;1-6-4-5-7(9)8(6,2)3/h4-7,10-11,18H,8-9H2,1-3H3;3-7,13H,1-2H3;5-7,9-10H,4H2,1-3H3;5,7,10H,4H2,1-3H3;5-6,9H,4H2,1-3H3;6H,4-5H2,1-3H3/t;;5?,6-,7+;;5?,6-;/m..1.1./s1. The number of carbonyl (C=O) groups excluding carboxylic acids is 3. The maximum atomic E-state index is 11.2. The lowest BCUT2D eigenvalue weighted by Crippen LogP contribution is -2.32. The van der Waals surface area contributed by atoms with Crippen molar-refractivity contribution in [2.24, 2.45) is 50.7 Å². The van der Waals surface area contributed by atoms with E-state index in [4.69, 9.17) is 5.11 Å². The summed E-state index contributed by atoms with van der Waals surface area (Å²) in [6.45, 7) is 35.3. The molecule has 6 unspecified atom stereocenters. The van der Waals surface area contributed by atoms with Crippen LogP contribution in [-0.2, 0) is 20.8 Å². The van der Waals surface area contributed by atoms with Crippen LogP contribution in [0, 0.1) is 64.6 Å². The molecule has 388 valence electrons. The molecule has 5 aliphatic carbocycles. The molecule has 0 heterocycles. The highest BCUT2D eigenvalue weighted by atomic mass is 16.3. The number of benzene rings is 4. The third-order valence-corrected chi connectivity index (χ3v) is 18.6. The number of aliphatic hydroxyl groups is 4. The van der Waals surface area contributed by atoms with Gasteiger partial charge < -0.3 is 30.6 Å². The summed E-state index contributed by atoms with van der Waals surface area (Å²) in [6.07, 6.45) is 3.68. The lowest BCUT2D eigenvalue weighted by Gasteiger charge is -2.38. The van der Waals surface area contributed by atoms with Crippen LogP contribution in [0.5, 0.6) is 11.5 Å². The van der Waals surface area contributed by atoms with Gasteiger partial charge in [0.05, 0.1) is 12.2 Å². The first-order chi connectivity index (χ1) is 32.1. The van der Waals surface area contributed by atoms with Crippen molar-refractivity contribution in [3.8, 4) is 11.5 Å². The highest BCUT2D eigenvalue weighted by molar-refractivity contribution is 5.91. The minimum atomic E-state index is -0.734.